The zero-order valence-corrected chi connectivity index (χ0v) is 17.7. The van der Waals surface area contributed by atoms with E-state index in [2.05, 4.69) is 47.1 Å². The van der Waals surface area contributed by atoms with Gasteiger partial charge in [-0.1, -0.05) is 18.2 Å². The van der Waals surface area contributed by atoms with E-state index in [9.17, 15) is 14.4 Å². The summed E-state index contributed by atoms with van der Waals surface area (Å²) in [4.78, 5) is 36.0. The number of carbonyl (C=O) groups is 3. The first-order chi connectivity index (χ1) is 15.0. The van der Waals surface area contributed by atoms with Gasteiger partial charge in [0.25, 0.3) is 11.8 Å². The molecule has 0 atom stereocenters. The van der Waals surface area contributed by atoms with Gasteiger partial charge in [0.15, 0.2) is 6.73 Å². The molecular formula is C24H25N3O4. The topological polar surface area (TPSA) is 80.6 Å². The lowest BCUT2D eigenvalue weighted by molar-refractivity contribution is -0.154. The first kappa shape index (κ1) is 20.8. The number of nitrogens with one attached hydrogen (secondary N) is 1. The minimum Gasteiger partial charge on any atom is -0.444 e. The van der Waals surface area contributed by atoms with Crippen molar-refractivity contribution in [3.05, 3.63) is 59.7 Å². The van der Waals surface area contributed by atoms with Gasteiger partial charge >= 0.3 is 5.97 Å². The predicted molar refractivity (Wildman–Crippen MR) is 118 cm³/mol. The van der Waals surface area contributed by atoms with Crippen LogP contribution in [0.25, 0.3) is 21.8 Å². The number of hydrogen-bond acceptors (Lipinski definition) is 5. The molecule has 7 heteroatoms. The smallest absolute Gasteiger partial charge is 0.307 e. The maximum atomic E-state index is 12.1. The van der Waals surface area contributed by atoms with E-state index < -0.39 is 17.8 Å². The molecule has 1 aliphatic rings. The zero-order valence-electron chi connectivity index (χ0n) is 17.7. The molecule has 31 heavy (non-hydrogen) atoms. The summed E-state index contributed by atoms with van der Waals surface area (Å²) in [6.45, 7) is 3.45. The second kappa shape index (κ2) is 8.73. The summed E-state index contributed by atoms with van der Waals surface area (Å²) >= 11 is 0. The van der Waals surface area contributed by atoms with E-state index in [4.69, 9.17) is 4.74 Å². The van der Waals surface area contributed by atoms with Gasteiger partial charge in [0, 0.05) is 53.5 Å². The summed E-state index contributed by atoms with van der Waals surface area (Å²) in [5.41, 5.74) is 4.61. The standard InChI is InChI=1S/C24H25N3O4/c1-3-26-20-8-5-17(14-25-2)12-19(20)18-7-4-16(13-21(18)26)6-11-24(30)31-15-27-22(28)9-10-23(27)29/h4-5,7-10,12-13,25H,3,6,11,14-15H2,1-2H3. The van der Waals surface area contributed by atoms with Crippen LogP contribution in [0.4, 0.5) is 0 Å². The van der Waals surface area contributed by atoms with E-state index in [1.807, 2.05) is 13.1 Å². The fourth-order valence-electron chi connectivity index (χ4n) is 4.02. The van der Waals surface area contributed by atoms with E-state index in [0.717, 1.165) is 29.1 Å². The zero-order chi connectivity index (χ0) is 22.0. The van der Waals surface area contributed by atoms with Gasteiger partial charge in [0.05, 0.1) is 0 Å². The van der Waals surface area contributed by atoms with Crippen LogP contribution < -0.4 is 5.32 Å². The van der Waals surface area contributed by atoms with Crippen LogP contribution in [0.2, 0.25) is 0 Å². The van der Waals surface area contributed by atoms with Crippen molar-refractivity contribution in [2.75, 3.05) is 13.8 Å². The third-order valence-electron chi connectivity index (χ3n) is 5.56. The lowest BCUT2D eigenvalue weighted by Crippen LogP contribution is -2.33. The van der Waals surface area contributed by atoms with Crippen LogP contribution in [-0.2, 0) is 38.6 Å². The molecule has 160 valence electrons. The van der Waals surface area contributed by atoms with Crippen LogP contribution >= 0.6 is 0 Å². The Morgan fingerprint density at radius 2 is 1.71 bits per heavy atom. The average molecular weight is 419 g/mol. The van der Waals surface area contributed by atoms with E-state index in [1.54, 1.807) is 0 Å². The second-order valence-electron chi connectivity index (χ2n) is 7.56. The number of ether oxygens (including phenoxy) is 1. The highest BCUT2D eigenvalue weighted by molar-refractivity contribution is 6.12. The summed E-state index contributed by atoms with van der Waals surface area (Å²) in [5.74, 6) is -1.37. The van der Waals surface area contributed by atoms with E-state index in [1.165, 1.54) is 34.0 Å². The highest BCUT2D eigenvalue weighted by Crippen LogP contribution is 2.31. The Bertz CT molecular complexity index is 1190. The minimum absolute atomic E-state index is 0.174. The minimum atomic E-state index is -0.464. The number of carbonyl (C=O) groups excluding carboxylic acids is 3. The van der Waals surface area contributed by atoms with Crippen molar-refractivity contribution in [2.24, 2.45) is 0 Å². The monoisotopic (exact) mass is 419 g/mol. The fourth-order valence-corrected chi connectivity index (χ4v) is 4.02. The summed E-state index contributed by atoms with van der Waals surface area (Å²) in [7, 11) is 1.94. The lowest BCUT2D eigenvalue weighted by atomic mass is 10.1. The van der Waals surface area contributed by atoms with Crippen molar-refractivity contribution in [1.82, 2.24) is 14.8 Å². The number of esters is 1. The van der Waals surface area contributed by atoms with Crippen molar-refractivity contribution in [1.29, 1.82) is 0 Å². The van der Waals surface area contributed by atoms with Gasteiger partial charge in [-0.2, -0.15) is 0 Å². The Morgan fingerprint density at radius 1 is 0.968 bits per heavy atom. The summed E-state index contributed by atoms with van der Waals surface area (Å²) in [5, 5.41) is 5.61. The molecule has 2 amide bonds. The van der Waals surface area contributed by atoms with Gasteiger partial charge in [-0.15, -0.1) is 0 Å². The Kier molecular flexibility index (Phi) is 5.86. The molecular weight excluding hydrogens is 394 g/mol. The molecule has 1 N–H and O–H groups in total. The summed E-state index contributed by atoms with van der Waals surface area (Å²) in [6, 6.07) is 12.8. The Morgan fingerprint density at radius 3 is 2.42 bits per heavy atom. The van der Waals surface area contributed by atoms with Crippen LogP contribution in [0.5, 0.6) is 0 Å². The molecule has 0 saturated heterocycles. The van der Waals surface area contributed by atoms with E-state index >= 15 is 0 Å². The molecule has 1 aliphatic heterocycles. The number of rotatable bonds is 8. The highest BCUT2D eigenvalue weighted by Gasteiger charge is 2.24. The molecule has 1 aromatic heterocycles. The number of aromatic nitrogens is 1. The summed E-state index contributed by atoms with van der Waals surface area (Å²) < 4.78 is 7.38. The number of nitrogens with zero attached hydrogens (tertiary/aromatic N) is 2. The number of imide groups is 1. The third-order valence-corrected chi connectivity index (χ3v) is 5.56. The quantitative estimate of drug-likeness (QED) is 0.449. The number of aryl methyl sites for hydroxylation is 2. The molecule has 0 spiro atoms. The van der Waals surface area contributed by atoms with Crippen LogP contribution in [0.15, 0.2) is 48.6 Å². The first-order valence-corrected chi connectivity index (χ1v) is 10.4. The molecule has 3 aromatic rings. The summed E-state index contributed by atoms with van der Waals surface area (Å²) in [6.07, 6.45) is 3.03. The number of hydrogen-bond donors (Lipinski definition) is 1. The number of benzene rings is 2. The van der Waals surface area contributed by atoms with Gasteiger partial charge < -0.3 is 14.6 Å². The Balaban J connectivity index is 1.48. The normalized spacial score (nSPS) is 13.7. The number of fused-ring (bicyclic) bond motifs is 3. The maximum absolute atomic E-state index is 12.1. The molecule has 0 fully saturated rings. The van der Waals surface area contributed by atoms with Gasteiger partial charge in [-0.3, -0.25) is 14.4 Å². The second-order valence-corrected chi connectivity index (χ2v) is 7.56. The molecule has 0 unspecified atom stereocenters. The molecule has 7 nitrogen and oxygen atoms in total. The lowest BCUT2D eigenvalue weighted by Gasteiger charge is -2.13. The van der Waals surface area contributed by atoms with Gasteiger partial charge in [-0.05, 0) is 49.7 Å². The van der Waals surface area contributed by atoms with Crippen LogP contribution in [0.1, 0.15) is 24.5 Å². The largest absolute Gasteiger partial charge is 0.444 e. The van der Waals surface area contributed by atoms with Crippen LogP contribution in [0, 0.1) is 0 Å². The highest BCUT2D eigenvalue weighted by atomic mass is 16.5. The van der Waals surface area contributed by atoms with Crippen molar-refractivity contribution < 1.29 is 19.1 Å². The average Bonchev–Trinajstić information content (AvgIpc) is 3.26. The van der Waals surface area contributed by atoms with Crippen molar-refractivity contribution in [3.63, 3.8) is 0 Å². The van der Waals surface area contributed by atoms with E-state index in [0.29, 0.717) is 6.42 Å². The predicted octanol–water partition coefficient (Wildman–Crippen LogP) is 2.89. The Labute approximate surface area is 180 Å². The molecule has 0 saturated carbocycles. The third kappa shape index (κ3) is 4.09. The molecule has 2 heterocycles. The van der Waals surface area contributed by atoms with Crippen LogP contribution in [-0.4, -0.2) is 41.0 Å². The Hall–Kier alpha value is -3.45. The molecule has 4 rings (SSSR count). The number of amides is 2. The molecule has 0 aliphatic carbocycles. The van der Waals surface area contributed by atoms with E-state index in [-0.39, 0.29) is 13.2 Å². The first-order valence-electron chi connectivity index (χ1n) is 10.4. The van der Waals surface area contributed by atoms with Crippen molar-refractivity contribution in [2.45, 2.75) is 32.9 Å². The maximum Gasteiger partial charge on any atom is 0.307 e. The van der Waals surface area contributed by atoms with Crippen molar-refractivity contribution >= 4 is 39.6 Å². The molecule has 2 aromatic carbocycles. The molecule has 0 bridgehead atoms. The van der Waals surface area contributed by atoms with Crippen molar-refractivity contribution in [3.8, 4) is 0 Å². The molecule has 0 radical (unpaired) electrons. The fraction of sp³-hybridized carbons (Fsp3) is 0.292. The van der Waals surface area contributed by atoms with Gasteiger partial charge in [0.2, 0.25) is 0 Å². The van der Waals surface area contributed by atoms with Gasteiger partial charge in [-0.25, -0.2) is 4.90 Å². The van der Waals surface area contributed by atoms with Gasteiger partial charge in [0.1, 0.15) is 0 Å². The SMILES string of the molecule is CCn1c2ccc(CNC)cc2c2ccc(CCC(=O)OCN3C(=O)C=CC3=O)cc21. The van der Waals surface area contributed by atoms with Crippen LogP contribution in [0.3, 0.4) is 0 Å².